The molecule has 0 spiro atoms. The number of ether oxygens (including phenoxy) is 2. The number of carbonyl (C=O) groups is 1. The molecule has 28 heavy (non-hydrogen) atoms. The molecule has 0 N–H and O–H groups in total. The molecule has 1 fully saturated rings. The monoisotopic (exact) mass is 394 g/mol. The van der Waals surface area contributed by atoms with Crippen LogP contribution >= 0.6 is 11.3 Å². The van der Waals surface area contributed by atoms with E-state index in [1.807, 2.05) is 36.4 Å². The molecule has 1 saturated heterocycles. The summed E-state index contributed by atoms with van der Waals surface area (Å²) < 4.78 is 11.0. The molecule has 1 aliphatic heterocycles. The third kappa shape index (κ3) is 4.14. The van der Waals surface area contributed by atoms with Crippen molar-refractivity contribution in [1.82, 2.24) is 9.88 Å². The van der Waals surface area contributed by atoms with E-state index in [2.05, 4.69) is 34.1 Å². The largest absolute Gasteiger partial charge is 0.464 e. The third-order valence-electron chi connectivity index (χ3n) is 4.73. The first kappa shape index (κ1) is 18.8. The lowest BCUT2D eigenvalue weighted by atomic mass is 10.1. The van der Waals surface area contributed by atoms with Gasteiger partial charge in [-0.2, -0.15) is 0 Å². The van der Waals surface area contributed by atoms with Gasteiger partial charge in [0.25, 0.3) is 0 Å². The summed E-state index contributed by atoms with van der Waals surface area (Å²) >= 11 is 1.51. The van der Waals surface area contributed by atoms with E-state index in [1.165, 1.54) is 24.0 Å². The normalized spacial score (nSPS) is 17.4. The van der Waals surface area contributed by atoms with Crippen LogP contribution < -0.4 is 0 Å². The summed E-state index contributed by atoms with van der Waals surface area (Å²) in [7, 11) is 1.38. The molecule has 1 aromatic heterocycles. The van der Waals surface area contributed by atoms with Gasteiger partial charge in [0.2, 0.25) is 0 Å². The second kappa shape index (κ2) is 8.65. The van der Waals surface area contributed by atoms with E-state index in [-0.39, 0.29) is 6.10 Å². The molecule has 0 aliphatic carbocycles. The number of carbonyl (C=O) groups excluding carboxylic acids is 1. The highest BCUT2D eigenvalue weighted by atomic mass is 32.1. The van der Waals surface area contributed by atoms with Crippen LogP contribution in [0.4, 0.5) is 0 Å². The van der Waals surface area contributed by atoms with Gasteiger partial charge in [0, 0.05) is 19.6 Å². The molecule has 5 nitrogen and oxygen atoms in total. The van der Waals surface area contributed by atoms with Crippen LogP contribution in [0, 0.1) is 0 Å². The first-order valence-corrected chi connectivity index (χ1v) is 10.1. The van der Waals surface area contributed by atoms with Gasteiger partial charge in [-0.3, -0.25) is 4.90 Å². The number of hydrogen-bond donors (Lipinski definition) is 0. The van der Waals surface area contributed by atoms with E-state index < -0.39 is 5.97 Å². The van der Waals surface area contributed by atoms with E-state index in [9.17, 15) is 4.79 Å². The zero-order valence-electron chi connectivity index (χ0n) is 15.7. The van der Waals surface area contributed by atoms with Gasteiger partial charge in [-0.25, -0.2) is 9.78 Å². The van der Waals surface area contributed by atoms with Crippen LogP contribution in [0.3, 0.4) is 0 Å². The average Bonchev–Trinajstić information content (AvgIpc) is 3.20. The quantitative estimate of drug-likeness (QED) is 0.608. The summed E-state index contributed by atoms with van der Waals surface area (Å²) in [5, 5.41) is 0.817. The maximum atomic E-state index is 12.3. The van der Waals surface area contributed by atoms with Crippen LogP contribution in [-0.4, -0.2) is 42.7 Å². The van der Waals surface area contributed by atoms with Crippen molar-refractivity contribution in [3.63, 3.8) is 0 Å². The van der Waals surface area contributed by atoms with Crippen LogP contribution in [0.25, 0.3) is 10.4 Å². The van der Waals surface area contributed by atoms with Gasteiger partial charge in [-0.05, 0) is 11.1 Å². The maximum absolute atomic E-state index is 12.3. The van der Waals surface area contributed by atoms with Crippen molar-refractivity contribution in [2.45, 2.75) is 12.6 Å². The van der Waals surface area contributed by atoms with Gasteiger partial charge in [0.05, 0.1) is 18.6 Å². The Labute approximate surface area is 168 Å². The zero-order valence-corrected chi connectivity index (χ0v) is 16.5. The molecule has 4 rings (SSSR count). The molecule has 2 aromatic carbocycles. The van der Waals surface area contributed by atoms with E-state index in [0.717, 1.165) is 35.1 Å². The predicted molar refractivity (Wildman–Crippen MR) is 109 cm³/mol. The minimum Gasteiger partial charge on any atom is -0.464 e. The molecule has 1 atom stereocenters. The van der Waals surface area contributed by atoms with Crippen LogP contribution in [0.15, 0.2) is 60.7 Å². The number of nitrogens with zero attached hydrogens (tertiary/aromatic N) is 2. The van der Waals surface area contributed by atoms with Gasteiger partial charge in [-0.1, -0.05) is 60.7 Å². The molecule has 0 saturated carbocycles. The molecule has 0 radical (unpaired) electrons. The van der Waals surface area contributed by atoms with Crippen molar-refractivity contribution < 1.29 is 14.3 Å². The van der Waals surface area contributed by atoms with Gasteiger partial charge >= 0.3 is 5.97 Å². The lowest BCUT2D eigenvalue weighted by molar-refractivity contribution is -0.0330. The molecule has 3 aromatic rings. The molecule has 144 valence electrons. The minimum atomic E-state index is -0.418. The van der Waals surface area contributed by atoms with Crippen molar-refractivity contribution in [2.24, 2.45) is 0 Å². The molecular formula is C22H22N2O3S. The average molecular weight is 394 g/mol. The molecule has 0 amide bonds. The first-order chi connectivity index (χ1) is 13.7. The number of rotatable bonds is 5. The summed E-state index contributed by atoms with van der Waals surface area (Å²) in [5.41, 5.74) is 2.60. The smallest absolute Gasteiger partial charge is 0.358 e. The Morgan fingerprint density at radius 3 is 2.61 bits per heavy atom. The molecule has 6 heteroatoms. The van der Waals surface area contributed by atoms with Gasteiger partial charge in [0.1, 0.15) is 11.1 Å². The molecule has 0 unspecified atom stereocenters. The summed E-state index contributed by atoms with van der Waals surface area (Å²) in [4.78, 5) is 20.1. The number of morpholine rings is 1. The number of aromatic nitrogens is 1. The topological polar surface area (TPSA) is 51.7 Å². The Bertz CT molecular complexity index is 927. The van der Waals surface area contributed by atoms with Gasteiger partial charge in [0.15, 0.2) is 5.69 Å². The first-order valence-electron chi connectivity index (χ1n) is 9.27. The highest BCUT2D eigenvalue weighted by Crippen LogP contribution is 2.35. The minimum absolute atomic E-state index is 0.150. The number of hydrogen-bond acceptors (Lipinski definition) is 6. The van der Waals surface area contributed by atoms with Crippen LogP contribution in [0.5, 0.6) is 0 Å². The highest BCUT2D eigenvalue weighted by molar-refractivity contribution is 7.15. The fourth-order valence-corrected chi connectivity index (χ4v) is 4.43. The van der Waals surface area contributed by atoms with E-state index in [1.54, 1.807) is 0 Å². The number of esters is 1. The Hall–Kier alpha value is -2.54. The lowest BCUT2D eigenvalue weighted by Gasteiger charge is -2.31. The second-order valence-corrected chi connectivity index (χ2v) is 7.70. The van der Waals surface area contributed by atoms with Crippen LogP contribution in [0.1, 0.15) is 27.2 Å². The van der Waals surface area contributed by atoms with E-state index in [0.29, 0.717) is 12.3 Å². The van der Waals surface area contributed by atoms with Crippen molar-refractivity contribution in [2.75, 3.05) is 26.8 Å². The zero-order chi connectivity index (χ0) is 19.3. The summed E-state index contributed by atoms with van der Waals surface area (Å²) in [6.45, 7) is 3.15. The van der Waals surface area contributed by atoms with Crippen molar-refractivity contribution >= 4 is 17.3 Å². The standard InChI is InChI=1S/C22H22N2O3S/c1-26-22(25)19-20(17-10-6-3-7-11-17)28-21(23-19)18-15-24(12-13-27-18)14-16-8-4-2-5-9-16/h2-11,18H,12-15H2,1H3/t18-/m1/s1. The fourth-order valence-electron chi connectivity index (χ4n) is 3.33. The number of methoxy groups -OCH3 is 1. The Morgan fingerprint density at radius 2 is 1.89 bits per heavy atom. The maximum Gasteiger partial charge on any atom is 0.358 e. The Balaban J connectivity index is 1.58. The van der Waals surface area contributed by atoms with Crippen molar-refractivity contribution in [3.05, 3.63) is 76.9 Å². The second-order valence-electron chi connectivity index (χ2n) is 6.67. The molecule has 1 aliphatic rings. The van der Waals surface area contributed by atoms with Gasteiger partial charge < -0.3 is 9.47 Å². The third-order valence-corrected chi connectivity index (χ3v) is 5.93. The van der Waals surface area contributed by atoms with Crippen molar-refractivity contribution in [1.29, 1.82) is 0 Å². The summed E-state index contributed by atoms with van der Waals surface area (Å²) in [6, 6.07) is 20.2. The Morgan fingerprint density at radius 1 is 1.18 bits per heavy atom. The van der Waals surface area contributed by atoms with Crippen molar-refractivity contribution in [3.8, 4) is 10.4 Å². The summed E-state index contributed by atoms with van der Waals surface area (Å²) in [6.07, 6.45) is -0.150. The molecule has 2 heterocycles. The lowest BCUT2D eigenvalue weighted by Crippen LogP contribution is -2.37. The van der Waals surface area contributed by atoms with Crippen LogP contribution in [0.2, 0.25) is 0 Å². The predicted octanol–water partition coefficient (Wildman–Crippen LogP) is 4.17. The number of thiazole rings is 1. The highest BCUT2D eigenvalue weighted by Gasteiger charge is 2.28. The van der Waals surface area contributed by atoms with E-state index in [4.69, 9.17) is 9.47 Å². The number of benzene rings is 2. The fraction of sp³-hybridized carbons (Fsp3) is 0.273. The molecule has 0 bridgehead atoms. The SMILES string of the molecule is COC(=O)c1nc([C@H]2CN(Cc3ccccc3)CCO2)sc1-c1ccccc1. The summed E-state index contributed by atoms with van der Waals surface area (Å²) in [5.74, 6) is -0.418. The van der Waals surface area contributed by atoms with Crippen LogP contribution in [-0.2, 0) is 16.0 Å². The van der Waals surface area contributed by atoms with Gasteiger partial charge in [-0.15, -0.1) is 11.3 Å². The Kier molecular flexibility index (Phi) is 5.81. The molecular weight excluding hydrogens is 372 g/mol. The van der Waals surface area contributed by atoms with E-state index >= 15 is 0 Å².